The zero-order valence-corrected chi connectivity index (χ0v) is 9.65. The van der Waals surface area contributed by atoms with Gasteiger partial charge in [0.1, 0.15) is 5.82 Å². The minimum Gasteiger partial charge on any atom is -0.373 e. The number of nitro groups is 1. The molecule has 0 saturated carbocycles. The van der Waals surface area contributed by atoms with Crippen molar-refractivity contribution in [1.82, 2.24) is 4.98 Å². The van der Waals surface area contributed by atoms with Crippen LogP contribution in [0.15, 0.2) is 12.1 Å². The zero-order chi connectivity index (χ0) is 12.1. The molecule has 0 unspecified atom stereocenters. The lowest BCUT2D eigenvalue weighted by Gasteiger charge is -2.09. The summed E-state index contributed by atoms with van der Waals surface area (Å²) >= 11 is 0. The van der Waals surface area contributed by atoms with Crippen LogP contribution >= 0.6 is 0 Å². The number of pyridine rings is 1. The highest BCUT2D eigenvalue weighted by Crippen LogP contribution is 2.23. The summed E-state index contributed by atoms with van der Waals surface area (Å²) in [5.74, 6) is 1.32. The second-order valence-corrected chi connectivity index (χ2v) is 3.85. The molecule has 0 aliphatic rings. The van der Waals surface area contributed by atoms with E-state index in [9.17, 15) is 10.1 Å². The van der Waals surface area contributed by atoms with Gasteiger partial charge >= 0.3 is 5.69 Å². The average molecular weight is 224 g/mol. The molecule has 0 saturated heterocycles. The van der Waals surface area contributed by atoms with Gasteiger partial charge in [-0.05, 0) is 12.0 Å². The van der Waals surface area contributed by atoms with E-state index in [1.165, 1.54) is 6.07 Å². The molecule has 6 heteroatoms. The van der Waals surface area contributed by atoms with Crippen molar-refractivity contribution >= 4 is 17.3 Å². The summed E-state index contributed by atoms with van der Waals surface area (Å²) in [4.78, 5) is 14.5. The Labute approximate surface area is 94.2 Å². The molecule has 0 aliphatic carbocycles. The normalized spacial score (nSPS) is 10.2. The highest BCUT2D eigenvalue weighted by atomic mass is 16.6. The third-order valence-corrected chi connectivity index (χ3v) is 2.00. The molecule has 0 amide bonds. The van der Waals surface area contributed by atoms with Crippen LogP contribution in [0.5, 0.6) is 0 Å². The predicted molar refractivity (Wildman–Crippen MR) is 63.8 cm³/mol. The monoisotopic (exact) mass is 224 g/mol. The van der Waals surface area contributed by atoms with Crippen molar-refractivity contribution in [2.75, 3.05) is 24.2 Å². The maximum Gasteiger partial charge on any atom is 0.311 e. The third-order valence-electron chi connectivity index (χ3n) is 2.00. The van der Waals surface area contributed by atoms with Crippen molar-refractivity contribution in [1.29, 1.82) is 0 Å². The SMILES string of the molecule is CNc1ccc([N+](=O)[O-])c(NCC(C)C)n1. The third kappa shape index (κ3) is 3.08. The predicted octanol–water partition coefficient (Wildman–Crippen LogP) is 2.10. The maximum absolute atomic E-state index is 10.8. The fourth-order valence-corrected chi connectivity index (χ4v) is 1.17. The van der Waals surface area contributed by atoms with Crippen LogP contribution in [-0.4, -0.2) is 23.5 Å². The molecule has 0 bridgehead atoms. The zero-order valence-electron chi connectivity index (χ0n) is 9.65. The standard InChI is InChI=1S/C10H16N4O2/c1-7(2)6-12-10-8(14(15)16)4-5-9(11-3)13-10/h4-5,7H,6H2,1-3H3,(H2,11,12,13). The summed E-state index contributed by atoms with van der Waals surface area (Å²) < 4.78 is 0. The largest absolute Gasteiger partial charge is 0.373 e. The van der Waals surface area contributed by atoms with Gasteiger partial charge in [0, 0.05) is 19.7 Å². The molecule has 0 radical (unpaired) electrons. The van der Waals surface area contributed by atoms with E-state index in [1.54, 1.807) is 13.1 Å². The number of nitrogens with one attached hydrogen (secondary N) is 2. The van der Waals surface area contributed by atoms with Crippen molar-refractivity contribution in [2.45, 2.75) is 13.8 Å². The number of hydrogen-bond donors (Lipinski definition) is 2. The topological polar surface area (TPSA) is 80.1 Å². The summed E-state index contributed by atoms with van der Waals surface area (Å²) in [5.41, 5.74) is -0.000324. The van der Waals surface area contributed by atoms with Gasteiger partial charge in [-0.25, -0.2) is 4.98 Å². The lowest BCUT2D eigenvalue weighted by molar-refractivity contribution is -0.384. The van der Waals surface area contributed by atoms with E-state index in [0.29, 0.717) is 24.1 Å². The number of rotatable bonds is 5. The first kappa shape index (κ1) is 12.2. The molecule has 0 aromatic carbocycles. The molecule has 1 rings (SSSR count). The van der Waals surface area contributed by atoms with Gasteiger partial charge in [-0.2, -0.15) is 0 Å². The molecule has 0 spiro atoms. The van der Waals surface area contributed by atoms with Crippen LogP contribution < -0.4 is 10.6 Å². The second kappa shape index (κ2) is 5.29. The fraction of sp³-hybridized carbons (Fsp3) is 0.500. The number of aromatic nitrogens is 1. The molecule has 1 aromatic rings. The van der Waals surface area contributed by atoms with E-state index in [-0.39, 0.29) is 5.69 Å². The summed E-state index contributed by atoms with van der Waals surface area (Å²) in [6.07, 6.45) is 0. The number of nitrogens with zero attached hydrogens (tertiary/aromatic N) is 2. The molecule has 16 heavy (non-hydrogen) atoms. The van der Waals surface area contributed by atoms with Crippen molar-refractivity contribution < 1.29 is 4.92 Å². The molecular weight excluding hydrogens is 208 g/mol. The smallest absolute Gasteiger partial charge is 0.311 e. The van der Waals surface area contributed by atoms with Gasteiger partial charge in [0.2, 0.25) is 5.82 Å². The fourth-order valence-electron chi connectivity index (χ4n) is 1.17. The Bertz CT molecular complexity index is 379. The molecule has 2 N–H and O–H groups in total. The number of anilines is 2. The van der Waals surface area contributed by atoms with Crippen LogP contribution in [0.3, 0.4) is 0 Å². The lowest BCUT2D eigenvalue weighted by atomic mass is 10.2. The molecule has 0 atom stereocenters. The first-order valence-electron chi connectivity index (χ1n) is 5.11. The Kier molecular flexibility index (Phi) is 4.04. The Hall–Kier alpha value is -1.85. The van der Waals surface area contributed by atoms with Crippen LogP contribution in [0.1, 0.15) is 13.8 Å². The van der Waals surface area contributed by atoms with Gasteiger partial charge in [0.25, 0.3) is 0 Å². The summed E-state index contributed by atoms with van der Waals surface area (Å²) in [6.45, 7) is 4.71. The number of hydrogen-bond acceptors (Lipinski definition) is 5. The lowest BCUT2D eigenvalue weighted by Crippen LogP contribution is -2.11. The van der Waals surface area contributed by atoms with Crippen molar-refractivity contribution in [3.8, 4) is 0 Å². The van der Waals surface area contributed by atoms with Gasteiger partial charge in [0.15, 0.2) is 0 Å². The molecule has 6 nitrogen and oxygen atoms in total. The van der Waals surface area contributed by atoms with E-state index < -0.39 is 4.92 Å². The summed E-state index contributed by atoms with van der Waals surface area (Å²) in [5, 5.41) is 16.6. The first-order valence-corrected chi connectivity index (χ1v) is 5.11. The van der Waals surface area contributed by atoms with Crippen molar-refractivity contribution in [3.05, 3.63) is 22.2 Å². The van der Waals surface area contributed by atoms with Crippen molar-refractivity contribution in [2.24, 2.45) is 5.92 Å². The molecule has 1 heterocycles. The second-order valence-electron chi connectivity index (χ2n) is 3.85. The van der Waals surface area contributed by atoms with Gasteiger partial charge in [-0.1, -0.05) is 13.8 Å². The Morgan fingerprint density at radius 1 is 1.50 bits per heavy atom. The first-order chi connectivity index (χ1) is 7.54. The highest BCUT2D eigenvalue weighted by Gasteiger charge is 2.15. The summed E-state index contributed by atoms with van der Waals surface area (Å²) in [6, 6.07) is 3.03. The van der Waals surface area contributed by atoms with Crippen LogP contribution in [-0.2, 0) is 0 Å². The van der Waals surface area contributed by atoms with E-state index in [2.05, 4.69) is 15.6 Å². The van der Waals surface area contributed by atoms with E-state index in [0.717, 1.165) is 0 Å². The molecule has 1 aromatic heterocycles. The van der Waals surface area contributed by atoms with E-state index in [1.807, 2.05) is 13.8 Å². The van der Waals surface area contributed by atoms with Gasteiger partial charge in [-0.3, -0.25) is 10.1 Å². The van der Waals surface area contributed by atoms with Gasteiger partial charge in [0.05, 0.1) is 4.92 Å². The minimum absolute atomic E-state index is 0.000324. The summed E-state index contributed by atoms with van der Waals surface area (Å²) in [7, 11) is 1.72. The van der Waals surface area contributed by atoms with Crippen LogP contribution in [0.25, 0.3) is 0 Å². The molecule has 0 fully saturated rings. The van der Waals surface area contributed by atoms with Gasteiger partial charge < -0.3 is 10.6 Å². The molecule has 0 aliphatic heterocycles. The van der Waals surface area contributed by atoms with Crippen LogP contribution in [0, 0.1) is 16.0 Å². The Morgan fingerprint density at radius 2 is 2.19 bits per heavy atom. The Morgan fingerprint density at radius 3 is 2.69 bits per heavy atom. The maximum atomic E-state index is 10.8. The van der Waals surface area contributed by atoms with Crippen LogP contribution in [0.2, 0.25) is 0 Å². The quantitative estimate of drug-likeness (QED) is 0.591. The van der Waals surface area contributed by atoms with E-state index in [4.69, 9.17) is 0 Å². The van der Waals surface area contributed by atoms with Crippen LogP contribution in [0.4, 0.5) is 17.3 Å². The average Bonchev–Trinajstić information content (AvgIpc) is 2.25. The molecular formula is C10H16N4O2. The highest BCUT2D eigenvalue weighted by molar-refractivity contribution is 5.60. The molecule has 88 valence electrons. The van der Waals surface area contributed by atoms with Gasteiger partial charge in [-0.15, -0.1) is 0 Å². The Balaban J connectivity index is 2.96. The van der Waals surface area contributed by atoms with Crippen molar-refractivity contribution in [3.63, 3.8) is 0 Å². The van der Waals surface area contributed by atoms with E-state index >= 15 is 0 Å². The minimum atomic E-state index is -0.435.